The number of aryl methyl sites for hydroxylation is 1. The SMILES string of the molecule is COc1ccc(C)cc1-n1ccc(C(=O)N2CCc3[nH]ncc3C2)n1. The lowest BCUT2D eigenvalue weighted by Gasteiger charge is -2.25. The molecule has 0 radical (unpaired) electrons. The Hall–Kier alpha value is -3.09. The monoisotopic (exact) mass is 337 g/mol. The van der Waals surface area contributed by atoms with Crippen LogP contribution in [0.25, 0.3) is 5.69 Å². The molecule has 1 aliphatic heterocycles. The van der Waals surface area contributed by atoms with E-state index < -0.39 is 0 Å². The van der Waals surface area contributed by atoms with Crippen molar-refractivity contribution in [1.82, 2.24) is 24.9 Å². The highest BCUT2D eigenvalue weighted by molar-refractivity contribution is 5.92. The molecule has 3 aromatic rings. The zero-order valence-corrected chi connectivity index (χ0v) is 14.2. The molecule has 2 aromatic heterocycles. The van der Waals surface area contributed by atoms with E-state index in [1.54, 1.807) is 35.2 Å². The van der Waals surface area contributed by atoms with Crippen molar-refractivity contribution in [2.24, 2.45) is 0 Å². The molecule has 1 aromatic carbocycles. The Bertz CT molecular complexity index is 927. The molecule has 0 saturated carbocycles. The van der Waals surface area contributed by atoms with Crippen molar-refractivity contribution in [2.45, 2.75) is 19.9 Å². The number of methoxy groups -OCH3 is 1. The smallest absolute Gasteiger partial charge is 0.274 e. The van der Waals surface area contributed by atoms with Crippen LogP contribution in [0.4, 0.5) is 0 Å². The number of hydrogen-bond donors (Lipinski definition) is 1. The summed E-state index contributed by atoms with van der Waals surface area (Å²) in [6.45, 7) is 3.23. The first-order valence-corrected chi connectivity index (χ1v) is 8.17. The fraction of sp³-hybridized carbons (Fsp3) is 0.278. The Balaban J connectivity index is 1.60. The molecule has 0 bridgehead atoms. The number of hydrogen-bond acceptors (Lipinski definition) is 4. The minimum Gasteiger partial charge on any atom is -0.494 e. The molecule has 1 N–H and O–H groups in total. The molecule has 0 spiro atoms. The summed E-state index contributed by atoms with van der Waals surface area (Å²) in [6, 6.07) is 7.61. The average molecular weight is 337 g/mol. The third-order valence-electron chi connectivity index (χ3n) is 4.48. The number of nitrogens with zero attached hydrogens (tertiary/aromatic N) is 4. The maximum Gasteiger partial charge on any atom is 0.274 e. The Morgan fingerprint density at radius 2 is 2.20 bits per heavy atom. The second kappa shape index (κ2) is 6.08. The quantitative estimate of drug-likeness (QED) is 0.794. The summed E-state index contributed by atoms with van der Waals surface area (Å²) in [5.41, 5.74) is 4.52. The van der Waals surface area contributed by atoms with Gasteiger partial charge in [-0.1, -0.05) is 6.07 Å². The zero-order chi connectivity index (χ0) is 17.4. The van der Waals surface area contributed by atoms with Crippen LogP contribution in [0.1, 0.15) is 27.3 Å². The third-order valence-corrected chi connectivity index (χ3v) is 4.48. The van der Waals surface area contributed by atoms with E-state index in [1.165, 1.54) is 0 Å². The minimum absolute atomic E-state index is 0.0720. The van der Waals surface area contributed by atoms with Crippen LogP contribution < -0.4 is 4.74 Å². The van der Waals surface area contributed by atoms with E-state index in [4.69, 9.17) is 4.74 Å². The zero-order valence-electron chi connectivity index (χ0n) is 14.2. The van der Waals surface area contributed by atoms with E-state index >= 15 is 0 Å². The Morgan fingerprint density at radius 3 is 3.04 bits per heavy atom. The molecule has 0 fully saturated rings. The number of benzene rings is 1. The van der Waals surface area contributed by atoms with E-state index in [0.717, 1.165) is 28.9 Å². The van der Waals surface area contributed by atoms with Crippen LogP contribution >= 0.6 is 0 Å². The Labute approximate surface area is 145 Å². The highest BCUT2D eigenvalue weighted by atomic mass is 16.5. The van der Waals surface area contributed by atoms with Gasteiger partial charge in [0.2, 0.25) is 0 Å². The molecule has 0 atom stereocenters. The van der Waals surface area contributed by atoms with Gasteiger partial charge in [0.1, 0.15) is 11.4 Å². The largest absolute Gasteiger partial charge is 0.494 e. The number of H-pyrrole nitrogens is 1. The molecule has 1 amide bonds. The third kappa shape index (κ3) is 2.77. The molecule has 0 unspecified atom stereocenters. The van der Waals surface area contributed by atoms with Crippen LogP contribution in [0, 0.1) is 6.92 Å². The van der Waals surface area contributed by atoms with E-state index in [1.807, 2.05) is 25.1 Å². The molecule has 25 heavy (non-hydrogen) atoms. The van der Waals surface area contributed by atoms with Gasteiger partial charge in [-0.3, -0.25) is 9.89 Å². The molecule has 7 heteroatoms. The highest BCUT2D eigenvalue weighted by Crippen LogP contribution is 2.24. The van der Waals surface area contributed by atoms with E-state index in [-0.39, 0.29) is 5.91 Å². The average Bonchev–Trinajstić information content (AvgIpc) is 3.29. The second-order valence-electron chi connectivity index (χ2n) is 6.17. The summed E-state index contributed by atoms with van der Waals surface area (Å²) < 4.78 is 7.09. The van der Waals surface area contributed by atoms with E-state index in [2.05, 4.69) is 15.3 Å². The minimum atomic E-state index is -0.0720. The van der Waals surface area contributed by atoms with Gasteiger partial charge in [-0.2, -0.15) is 10.2 Å². The number of amides is 1. The highest BCUT2D eigenvalue weighted by Gasteiger charge is 2.24. The van der Waals surface area contributed by atoms with Crippen molar-refractivity contribution < 1.29 is 9.53 Å². The summed E-state index contributed by atoms with van der Waals surface area (Å²) in [5, 5.41) is 11.5. The molecular weight excluding hydrogens is 318 g/mol. The Kier molecular flexibility index (Phi) is 3.76. The van der Waals surface area contributed by atoms with Crippen molar-refractivity contribution in [3.8, 4) is 11.4 Å². The number of aromatic nitrogens is 4. The summed E-state index contributed by atoms with van der Waals surface area (Å²) in [6.07, 6.45) is 4.36. The van der Waals surface area contributed by atoms with Crippen LogP contribution in [-0.2, 0) is 13.0 Å². The molecule has 0 saturated heterocycles. The lowest BCUT2D eigenvalue weighted by atomic mass is 10.1. The van der Waals surface area contributed by atoms with Gasteiger partial charge in [0.25, 0.3) is 5.91 Å². The number of rotatable bonds is 3. The fourth-order valence-electron chi connectivity index (χ4n) is 3.11. The number of aromatic amines is 1. The van der Waals surface area contributed by atoms with Gasteiger partial charge in [0.05, 0.1) is 13.3 Å². The maximum absolute atomic E-state index is 12.8. The molecular formula is C18H19N5O2. The molecule has 4 rings (SSSR count). The van der Waals surface area contributed by atoms with Crippen LogP contribution in [0.15, 0.2) is 36.7 Å². The number of nitrogens with one attached hydrogen (secondary N) is 1. The topological polar surface area (TPSA) is 76.0 Å². The van der Waals surface area contributed by atoms with Crippen LogP contribution in [-0.4, -0.2) is 44.4 Å². The van der Waals surface area contributed by atoms with Gasteiger partial charge in [-0.25, -0.2) is 4.68 Å². The van der Waals surface area contributed by atoms with Crippen molar-refractivity contribution in [1.29, 1.82) is 0 Å². The first kappa shape index (κ1) is 15.4. The van der Waals surface area contributed by atoms with Crippen molar-refractivity contribution in [3.63, 3.8) is 0 Å². The summed E-state index contributed by atoms with van der Waals surface area (Å²) in [7, 11) is 1.62. The number of ether oxygens (including phenoxy) is 1. The molecule has 1 aliphatic rings. The maximum atomic E-state index is 12.8. The van der Waals surface area contributed by atoms with Gasteiger partial charge in [-0.15, -0.1) is 0 Å². The van der Waals surface area contributed by atoms with Crippen LogP contribution in [0.5, 0.6) is 5.75 Å². The molecule has 7 nitrogen and oxygen atoms in total. The number of carbonyl (C=O) groups excluding carboxylic acids is 1. The van der Waals surface area contributed by atoms with Crippen molar-refractivity contribution in [3.05, 3.63) is 59.2 Å². The van der Waals surface area contributed by atoms with Crippen molar-refractivity contribution >= 4 is 5.91 Å². The predicted octanol–water partition coefficient (Wildman–Crippen LogP) is 2.11. The summed E-state index contributed by atoms with van der Waals surface area (Å²) in [5.74, 6) is 0.644. The lowest BCUT2D eigenvalue weighted by Crippen LogP contribution is -2.36. The first-order valence-electron chi connectivity index (χ1n) is 8.17. The number of carbonyl (C=O) groups is 1. The van der Waals surface area contributed by atoms with Crippen LogP contribution in [0.3, 0.4) is 0 Å². The van der Waals surface area contributed by atoms with E-state index in [0.29, 0.717) is 24.5 Å². The molecule has 3 heterocycles. The summed E-state index contributed by atoms with van der Waals surface area (Å²) in [4.78, 5) is 14.6. The molecule has 128 valence electrons. The molecule has 0 aliphatic carbocycles. The van der Waals surface area contributed by atoms with E-state index in [9.17, 15) is 4.79 Å². The predicted molar refractivity (Wildman–Crippen MR) is 91.9 cm³/mol. The van der Waals surface area contributed by atoms with Gasteiger partial charge in [-0.05, 0) is 30.7 Å². The Morgan fingerprint density at radius 1 is 1.32 bits per heavy atom. The standard InChI is InChI=1S/C18H19N5O2/c1-12-3-4-17(25-2)16(9-12)23-8-6-15(21-23)18(24)22-7-5-14-13(11-22)10-19-20-14/h3-4,6,8-10H,5,7,11H2,1-2H3,(H,19,20). The number of fused-ring (bicyclic) bond motifs is 1. The fourth-order valence-corrected chi connectivity index (χ4v) is 3.11. The first-order chi connectivity index (χ1) is 12.2. The lowest BCUT2D eigenvalue weighted by molar-refractivity contribution is 0.0728. The van der Waals surface area contributed by atoms with Gasteiger partial charge in [0.15, 0.2) is 5.69 Å². The van der Waals surface area contributed by atoms with Gasteiger partial charge in [0, 0.05) is 37.0 Å². The van der Waals surface area contributed by atoms with Crippen molar-refractivity contribution in [2.75, 3.05) is 13.7 Å². The van der Waals surface area contributed by atoms with Crippen LogP contribution in [0.2, 0.25) is 0 Å². The second-order valence-corrected chi connectivity index (χ2v) is 6.17. The summed E-state index contributed by atoms with van der Waals surface area (Å²) >= 11 is 0. The van der Waals surface area contributed by atoms with Gasteiger partial charge >= 0.3 is 0 Å². The van der Waals surface area contributed by atoms with Gasteiger partial charge < -0.3 is 9.64 Å². The normalized spacial score (nSPS) is 13.6.